The molecule has 0 saturated carbocycles. The van der Waals surface area contributed by atoms with Gasteiger partial charge in [0.25, 0.3) is 0 Å². The number of alkyl carbamates (subject to hydrolysis) is 1. The Bertz CT molecular complexity index is 255. The van der Waals surface area contributed by atoms with Gasteiger partial charge < -0.3 is 15.0 Å². The molecule has 2 unspecified atom stereocenters. The number of rotatable bonds is 1. The number of hydrogen-bond donors (Lipinski definition) is 1. The molecule has 5 nitrogen and oxygen atoms in total. The zero-order valence-electron chi connectivity index (χ0n) is 9.45. The first-order valence-electron chi connectivity index (χ1n) is 5.14. The van der Waals surface area contributed by atoms with Crippen molar-refractivity contribution in [1.29, 1.82) is 0 Å². The fraction of sp³-hybridized carbons (Fsp3) is 0.800. The second kappa shape index (κ2) is 5.00. The van der Waals surface area contributed by atoms with Gasteiger partial charge in [0, 0.05) is 20.0 Å². The molecule has 2 amide bonds. The molecule has 0 aliphatic carbocycles. The molecule has 5 heteroatoms. The Labute approximate surface area is 89.8 Å². The maximum absolute atomic E-state index is 11.2. The summed E-state index contributed by atoms with van der Waals surface area (Å²) >= 11 is 0. The largest absolute Gasteiger partial charge is 0.453 e. The summed E-state index contributed by atoms with van der Waals surface area (Å²) < 4.78 is 4.54. The van der Waals surface area contributed by atoms with E-state index in [-0.39, 0.29) is 11.9 Å². The molecule has 86 valence electrons. The fourth-order valence-corrected chi connectivity index (χ4v) is 1.75. The number of hydrogen-bond acceptors (Lipinski definition) is 3. The highest BCUT2D eigenvalue weighted by molar-refractivity contribution is 5.73. The quantitative estimate of drug-likeness (QED) is 0.695. The van der Waals surface area contributed by atoms with E-state index >= 15 is 0 Å². The van der Waals surface area contributed by atoms with E-state index in [0.29, 0.717) is 12.5 Å². The number of piperidine rings is 1. The zero-order chi connectivity index (χ0) is 11.4. The summed E-state index contributed by atoms with van der Waals surface area (Å²) in [5.74, 6) is 0.429. The molecule has 1 heterocycles. The number of nitrogens with zero attached hydrogens (tertiary/aromatic N) is 1. The molecule has 1 fully saturated rings. The van der Waals surface area contributed by atoms with Gasteiger partial charge in [-0.25, -0.2) is 4.79 Å². The second-order valence-corrected chi connectivity index (χ2v) is 3.97. The molecule has 0 radical (unpaired) electrons. The summed E-state index contributed by atoms with van der Waals surface area (Å²) in [4.78, 5) is 24.0. The molecule has 2 atom stereocenters. The standard InChI is InChI=1S/C10H18N2O3/c1-7-4-5-12(8(2)13)6-9(7)11-10(14)15-3/h7,9H,4-6H2,1-3H3,(H,11,14). The highest BCUT2D eigenvalue weighted by atomic mass is 16.5. The molecule has 0 aromatic carbocycles. The third kappa shape index (κ3) is 3.11. The minimum Gasteiger partial charge on any atom is -0.453 e. The first kappa shape index (κ1) is 11.8. The Balaban J connectivity index is 2.53. The molecule has 1 aliphatic heterocycles. The Hall–Kier alpha value is -1.26. The average molecular weight is 214 g/mol. The van der Waals surface area contributed by atoms with Crippen LogP contribution in [0.4, 0.5) is 4.79 Å². The van der Waals surface area contributed by atoms with Crippen LogP contribution >= 0.6 is 0 Å². The average Bonchev–Trinajstić information content (AvgIpc) is 2.20. The molecule has 0 spiro atoms. The number of nitrogens with one attached hydrogen (secondary N) is 1. The monoisotopic (exact) mass is 214 g/mol. The predicted molar refractivity (Wildman–Crippen MR) is 55.4 cm³/mol. The van der Waals surface area contributed by atoms with E-state index in [1.165, 1.54) is 7.11 Å². The van der Waals surface area contributed by atoms with E-state index in [1.54, 1.807) is 11.8 Å². The van der Waals surface area contributed by atoms with Crippen LogP contribution in [0.1, 0.15) is 20.3 Å². The van der Waals surface area contributed by atoms with E-state index in [2.05, 4.69) is 17.0 Å². The van der Waals surface area contributed by atoms with Gasteiger partial charge in [0.1, 0.15) is 0 Å². The number of carbonyl (C=O) groups excluding carboxylic acids is 2. The van der Waals surface area contributed by atoms with Crippen molar-refractivity contribution in [3.8, 4) is 0 Å². The van der Waals surface area contributed by atoms with Gasteiger partial charge in [0.15, 0.2) is 0 Å². The van der Waals surface area contributed by atoms with Crippen molar-refractivity contribution in [2.75, 3.05) is 20.2 Å². The van der Waals surface area contributed by atoms with Crippen molar-refractivity contribution in [3.05, 3.63) is 0 Å². The van der Waals surface area contributed by atoms with Gasteiger partial charge in [-0.05, 0) is 12.3 Å². The van der Waals surface area contributed by atoms with E-state index in [9.17, 15) is 9.59 Å². The van der Waals surface area contributed by atoms with Crippen LogP contribution < -0.4 is 5.32 Å². The van der Waals surface area contributed by atoms with Gasteiger partial charge in [-0.15, -0.1) is 0 Å². The Kier molecular flexibility index (Phi) is 3.94. The van der Waals surface area contributed by atoms with Crippen molar-refractivity contribution < 1.29 is 14.3 Å². The van der Waals surface area contributed by atoms with Crippen molar-refractivity contribution >= 4 is 12.0 Å². The normalized spacial score (nSPS) is 25.9. The number of amides is 2. The summed E-state index contributed by atoms with van der Waals surface area (Å²) in [6, 6.07) is -0.00454. The number of ether oxygens (including phenoxy) is 1. The Morgan fingerprint density at radius 3 is 2.67 bits per heavy atom. The van der Waals surface area contributed by atoms with Crippen molar-refractivity contribution in [3.63, 3.8) is 0 Å². The van der Waals surface area contributed by atoms with Crippen LogP contribution in [0.2, 0.25) is 0 Å². The molecule has 1 rings (SSSR count). The van der Waals surface area contributed by atoms with Gasteiger partial charge in [-0.2, -0.15) is 0 Å². The van der Waals surface area contributed by atoms with Gasteiger partial charge in [-0.3, -0.25) is 4.79 Å². The summed E-state index contributed by atoms with van der Waals surface area (Å²) in [5, 5.41) is 2.75. The van der Waals surface area contributed by atoms with Crippen molar-refractivity contribution in [1.82, 2.24) is 10.2 Å². The van der Waals surface area contributed by atoms with Gasteiger partial charge in [0.05, 0.1) is 13.2 Å². The minimum atomic E-state index is -0.433. The van der Waals surface area contributed by atoms with E-state index in [0.717, 1.165) is 13.0 Å². The third-order valence-corrected chi connectivity index (χ3v) is 2.89. The molecule has 1 N–H and O–H groups in total. The molecular formula is C10H18N2O3. The molecule has 0 aromatic heterocycles. The minimum absolute atomic E-state index is 0.00454. The fourth-order valence-electron chi connectivity index (χ4n) is 1.75. The maximum Gasteiger partial charge on any atom is 0.407 e. The number of likely N-dealkylation sites (tertiary alicyclic amines) is 1. The van der Waals surface area contributed by atoms with E-state index < -0.39 is 6.09 Å². The number of carbonyl (C=O) groups is 2. The molecule has 1 aliphatic rings. The molecular weight excluding hydrogens is 196 g/mol. The molecule has 15 heavy (non-hydrogen) atoms. The summed E-state index contributed by atoms with van der Waals surface area (Å²) in [7, 11) is 1.34. The van der Waals surface area contributed by atoms with Gasteiger partial charge in [-0.1, -0.05) is 6.92 Å². The first-order chi connectivity index (χ1) is 7.04. The van der Waals surface area contributed by atoms with Crippen molar-refractivity contribution in [2.24, 2.45) is 5.92 Å². The van der Waals surface area contributed by atoms with Crippen LogP contribution in [-0.2, 0) is 9.53 Å². The predicted octanol–water partition coefficient (Wildman–Crippen LogP) is 0.599. The van der Waals surface area contributed by atoms with Crippen LogP contribution in [-0.4, -0.2) is 43.1 Å². The van der Waals surface area contributed by atoms with Crippen LogP contribution in [0, 0.1) is 5.92 Å². The third-order valence-electron chi connectivity index (χ3n) is 2.89. The highest BCUT2D eigenvalue weighted by Gasteiger charge is 2.28. The van der Waals surface area contributed by atoms with Crippen LogP contribution in [0.5, 0.6) is 0 Å². The molecule has 1 saturated heterocycles. The molecule has 0 aromatic rings. The lowest BCUT2D eigenvalue weighted by Gasteiger charge is -2.36. The SMILES string of the molecule is COC(=O)NC1CN(C(C)=O)CCC1C. The van der Waals surface area contributed by atoms with Crippen LogP contribution in [0.25, 0.3) is 0 Å². The van der Waals surface area contributed by atoms with Gasteiger partial charge >= 0.3 is 6.09 Å². The summed E-state index contributed by atoms with van der Waals surface area (Å²) in [6.07, 6.45) is 0.478. The second-order valence-electron chi connectivity index (χ2n) is 3.97. The van der Waals surface area contributed by atoms with Gasteiger partial charge in [0.2, 0.25) is 5.91 Å². The lowest BCUT2D eigenvalue weighted by atomic mass is 9.93. The van der Waals surface area contributed by atoms with Crippen molar-refractivity contribution in [2.45, 2.75) is 26.3 Å². The summed E-state index contributed by atoms with van der Waals surface area (Å²) in [6.45, 7) is 4.96. The zero-order valence-corrected chi connectivity index (χ0v) is 9.45. The maximum atomic E-state index is 11.2. The number of methoxy groups -OCH3 is 1. The summed E-state index contributed by atoms with van der Waals surface area (Å²) in [5.41, 5.74) is 0. The first-order valence-corrected chi connectivity index (χ1v) is 5.14. The van der Waals surface area contributed by atoms with E-state index in [1.807, 2.05) is 0 Å². The van der Waals surface area contributed by atoms with Crippen LogP contribution in [0.15, 0.2) is 0 Å². The highest BCUT2D eigenvalue weighted by Crippen LogP contribution is 2.17. The lowest BCUT2D eigenvalue weighted by molar-refractivity contribution is -0.130. The smallest absolute Gasteiger partial charge is 0.407 e. The Morgan fingerprint density at radius 1 is 1.47 bits per heavy atom. The molecule has 0 bridgehead atoms. The van der Waals surface area contributed by atoms with Crippen LogP contribution in [0.3, 0.4) is 0 Å². The topological polar surface area (TPSA) is 58.6 Å². The lowest BCUT2D eigenvalue weighted by Crippen LogP contribution is -2.52. The van der Waals surface area contributed by atoms with E-state index in [4.69, 9.17) is 0 Å². The Morgan fingerprint density at radius 2 is 2.13 bits per heavy atom.